The maximum Gasteiger partial charge on any atom is 0.259 e. The van der Waals surface area contributed by atoms with Gasteiger partial charge in [0.25, 0.3) is 5.91 Å². The minimum absolute atomic E-state index is 0.199. The van der Waals surface area contributed by atoms with Crippen LogP contribution in [0, 0.1) is 13.8 Å². The van der Waals surface area contributed by atoms with Gasteiger partial charge in [0.15, 0.2) is 0 Å². The summed E-state index contributed by atoms with van der Waals surface area (Å²) in [6, 6.07) is 5.65. The van der Waals surface area contributed by atoms with E-state index in [1.165, 1.54) is 12.5 Å². The van der Waals surface area contributed by atoms with Crippen molar-refractivity contribution < 1.29 is 4.79 Å². The summed E-state index contributed by atoms with van der Waals surface area (Å²) in [5.74, 6) is -0.199. The Hall–Kier alpha value is -1.75. The molecule has 2 rings (SSSR count). The third-order valence-corrected chi connectivity index (χ3v) is 3.46. The van der Waals surface area contributed by atoms with E-state index in [1.807, 2.05) is 25.1 Å². The molecular formula is C13H12BrN3O. The van der Waals surface area contributed by atoms with Gasteiger partial charge in [-0.1, -0.05) is 15.9 Å². The molecule has 0 bridgehead atoms. The van der Waals surface area contributed by atoms with Crippen LogP contribution in [-0.4, -0.2) is 15.9 Å². The molecule has 5 heteroatoms. The summed E-state index contributed by atoms with van der Waals surface area (Å²) >= 11 is 3.42. The summed E-state index contributed by atoms with van der Waals surface area (Å²) in [4.78, 5) is 19.9. The Balaban J connectivity index is 2.22. The summed E-state index contributed by atoms with van der Waals surface area (Å²) in [6.45, 7) is 3.75. The van der Waals surface area contributed by atoms with E-state index in [4.69, 9.17) is 0 Å². The lowest BCUT2D eigenvalue weighted by atomic mass is 10.2. The van der Waals surface area contributed by atoms with Gasteiger partial charge >= 0.3 is 0 Å². The van der Waals surface area contributed by atoms with E-state index >= 15 is 0 Å². The van der Waals surface area contributed by atoms with Gasteiger partial charge in [-0.05, 0) is 37.6 Å². The third-order valence-electron chi connectivity index (χ3n) is 2.57. The zero-order chi connectivity index (χ0) is 13.1. The molecule has 1 amide bonds. The Kier molecular flexibility index (Phi) is 3.72. The van der Waals surface area contributed by atoms with E-state index in [1.54, 1.807) is 6.92 Å². The predicted octanol–water partition coefficient (Wildman–Crippen LogP) is 3.11. The quantitative estimate of drug-likeness (QED) is 0.927. The number of aromatic nitrogens is 2. The molecule has 0 aliphatic carbocycles. The number of amides is 1. The minimum Gasteiger partial charge on any atom is -0.322 e. The second-order valence-electron chi connectivity index (χ2n) is 3.94. The molecule has 92 valence electrons. The first-order valence-corrected chi connectivity index (χ1v) is 6.21. The van der Waals surface area contributed by atoms with Gasteiger partial charge in [0, 0.05) is 16.4 Å². The molecule has 0 unspecified atom stereocenters. The molecule has 0 radical (unpaired) electrons. The number of hydrogen-bond acceptors (Lipinski definition) is 3. The Bertz CT molecular complexity index is 599. The topological polar surface area (TPSA) is 54.9 Å². The first-order valence-electron chi connectivity index (χ1n) is 5.42. The maximum absolute atomic E-state index is 12.0. The lowest BCUT2D eigenvalue weighted by Crippen LogP contribution is -2.14. The average molecular weight is 306 g/mol. The second kappa shape index (κ2) is 5.27. The predicted molar refractivity (Wildman–Crippen MR) is 73.6 cm³/mol. The van der Waals surface area contributed by atoms with Gasteiger partial charge in [-0.15, -0.1) is 0 Å². The Morgan fingerprint density at radius 2 is 2.11 bits per heavy atom. The van der Waals surface area contributed by atoms with Crippen molar-refractivity contribution >= 4 is 27.5 Å². The molecule has 0 spiro atoms. The van der Waals surface area contributed by atoms with Gasteiger partial charge in [0.05, 0.1) is 11.3 Å². The number of anilines is 1. The number of halogens is 1. The molecule has 2 aromatic rings. The van der Waals surface area contributed by atoms with Gasteiger partial charge in [0.1, 0.15) is 6.33 Å². The van der Waals surface area contributed by atoms with E-state index in [0.29, 0.717) is 11.3 Å². The maximum atomic E-state index is 12.0. The highest BCUT2D eigenvalue weighted by Crippen LogP contribution is 2.20. The number of hydrogen-bond donors (Lipinski definition) is 1. The van der Waals surface area contributed by atoms with Crippen LogP contribution in [0.4, 0.5) is 5.69 Å². The summed E-state index contributed by atoms with van der Waals surface area (Å²) < 4.78 is 1.01. The normalized spacial score (nSPS) is 10.2. The molecule has 1 aromatic heterocycles. The Labute approximate surface area is 114 Å². The lowest BCUT2D eigenvalue weighted by Gasteiger charge is -2.08. The lowest BCUT2D eigenvalue weighted by molar-refractivity contribution is 0.102. The number of carbonyl (C=O) groups excluding carboxylic acids is 1. The first kappa shape index (κ1) is 12.7. The van der Waals surface area contributed by atoms with Crippen molar-refractivity contribution in [3.05, 3.63) is 52.0 Å². The van der Waals surface area contributed by atoms with E-state index in [-0.39, 0.29) is 5.91 Å². The van der Waals surface area contributed by atoms with Crippen molar-refractivity contribution in [2.75, 3.05) is 5.32 Å². The number of benzene rings is 1. The van der Waals surface area contributed by atoms with Gasteiger partial charge in [-0.2, -0.15) is 0 Å². The summed E-state index contributed by atoms with van der Waals surface area (Å²) in [5.41, 5.74) is 2.96. The van der Waals surface area contributed by atoms with E-state index in [0.717, 1.165) is 15.7 Å². The molecule has 0 aliphatic rings. The van der Waals surface area contributed by atoms with Crippen LogP contribution in [0.1, 0.15) is 21.6 Å². The smallest absolute Gasteiger partial charge is 0.259 e. The van der Waals surface area contributed by atoms with E-state index in [9.17, 15) is 4.79 Å². The van der Waals surface area contributed by atoms with Gasteiger partial charge in [0.2, 0.25) is 0 Å². The third kappa shape index (κ3) is 2.73. The van der Waals surface area contributed by atoms with Crippen molar-refractivity contribution in [3.63, 3.8) is 0 Å². The fourth-order valence-corrected chi connectivity index (χ4v) is 1.78. The number of aryl methyl sites for hydroxylation is 2. The number of nitrogens with one attached hydrogen (secondary N) is 1. The first-order chi connectivity index (χ1) is 8.58. The largest absolute Gasteiger partial charge is 0.322 e. The van der Waals surface area contributed by atoms with Crippen LogP contribution in [0.15, 0.2) is 35.2 Å². The van der Waals surface area contributed by atoms with Crippen molar-refractivity contribution in [1.82, 2.24) is 9.97 Å². The molecule has 18 heavy (non-hydrogen) atoms. The van der Waals surface area contributed by atoms with Crippen molar-refractivity contribution in [2.24, 2.45) is 0 Å². The SMILES string of the molecule is Cc1cc(NC(=O)c2cncnc2C)ccc1Br. The number of nitrogens with zero attached hydrogens (tertiary/aromatic N) is 2. The summed E-state index contributed by atoms with van der Waals surface area (Å²) in [6.07, 6.45) is 2.94. The highest BCUT2D eigenvalue weighted by atomic mass is 79.9. The zero-order valence-corrected chi connectivity index (χ0v) is 11.7. The summed E-state index contributed by atoms with van der Waals surface area (Å²) in [7, 11) is 0. The highest BCUT2D eigenvalue weighted by Gasteiger charge is 2.10. The molecule has 0 saturated heterocycles. The molecule has 0 saturated carbocycles. The summed E-state index contributed by atoms with van der Waals surface area (Å²) in [5, 5.41) is 2.83. The van der Waals surface area contributed by atoms with Gasteiger partial charge < -0.3 is 5.32 Å². The van der Waals surface area contributed by atoms with Crippen LogP contribution in [0.2, 0.25) is 0 Å². The standard InChI is InChI=1S/C13H12BrN3O/c1-8-5-10(3-4-12(8)14)17-13(18)11-6-15-7-16-9(11)2/h3-7H,1-2H3,(H,17,18). The van der Waals surface area contributed by atoms with Crippen molar-refractivity contribution in [2.45, 2.75) is 13.8 Å². The highest BCUT2D eigenvalue weighted by molar-refractivity contribution is 9.10. The van der Waals surface area contributed by atoms with Crippen LogP contribution in [-0.2, 0) is 0 Å². The molecule has 0 aliphatic heterocycles. The number of rotatable bonds is 2. The van der Waals surface area contributed by atoms with Crippen LogP contribution >= 0.6 is 15.9 Å². The molecule has 0 fully saturated rings. The molecule has 1 heterocycles. The van der Waals surface area contributed by atoms with Crippen LogP contribution < -0.4 is 5.32 Å². The van der Waals surface area contributed by atoms with E-state index < -0.39 is 0 Å². The molecule has 0 atom stereocenters. The molecule has 1 aromatic carbocycles. The van der Waals surface area contributed by atoms with Crippen LogP contribution in [0.25, 0.3) is 0 Å². The fourth-order valence-electron chi connectivity index (χ4n) is 1.53. The average Bonchev–Trinajstić information content (AvgIpc) is 2.34. The van der Waals surface area contributed by atoms with Gasteiger partial charge in [-0.3, -0.25) is 4.79 Å². The van der Waals surface area contributed by atoms with Gasteiger partial charge in [-0.25, -0.2) is 9.97 Å². The zero-order valence-electron chi connectivity index (χ0n) is 10.1. The Morgan fingerprint density at radius 3 is 2.78 bits per heavy atom. The van der Waals surface area contributed by atoms with Crippen LogP contribution in [0.5, 0.6) is 0 Å². The molecular weight excluding hydrogens is 294 g/mol. The molecule has 4 nitrogen and oxygen atoms in total. The van der Waals surface area contributed by atoms with Crippen LogP contribution in [0.3, 0.4) is 0 Å². The second-order valence-corrected chi connectivity index (χ2v) is 4.79. The van der Waals surface area contributed by atoms with Crippen molar-refractivity contribution in [1.29, 1.82) is 0 Å². The minimum atomic E-state index is -0.199. The number of carbonyl (C=O) groups is 1. The molecule has 1 N–H and O–H groups in total. The monoisotopic (exact) mass is 305 g/mol. The fraction of sp³-hybridized carbons (Fsp3) is 0.154. The van der Waals surface area contributed by atoms with Crippen molar-refractivity contribution in [3.8, 4) is 0 Å². The van der Waals surface area contributed by atoms with E-state index in [2.05, 4.69) is 31.2 Å². The Morgan fingerprint density at radius 1 is 1.33 bits per heavy atom.